The lowest BCUT2D eigenvalue weighted by Crippen LogP contribution is -2.19. The number of hydrogen-bond donors (Lipinski definition) is 2. The number of para-hydroxylation sites is 1. The summed E-state index contributed by atoms with van der Waals surface area (Å²) in [7, 11) is 1.56. The Bertz CT molecular complexity index is 990. The summed E-state index contributed by atoms with van der Waals surface area (Å²) in [5, 5.41) is 6.45. The minimum Gasteiger partial charge on any atom is -0.493 e. The molecule has 2 N–H and O–H groups in total. The zero-order valence-electron chi connectivity index (χ0n) is 13.6. The summed E-state index contributed by atoms with van der Waals surface area (Å²) >= 11 is 0. The van der Waals surface area contributed by atoms with Gasteiger partial charge in [0.15, 0.2) is 17.1 Å². The molecule has 0 fully saturated rings. The van der Waals surface area contributed by atoms with Crippen LogP contribution < -0.4 is 15.4 Å². The van der Waals surface area contributed by atoms with E-state index in [0.717, 1.165) is 16.6 Å². The van der Waals surface area contributed by atoms with Crippen molar-refractivity contribution in [3.05, 3.63) is 53.8 Å². The second-order valence-electron chi connectivity index (χ2n) is 5.86. The third kappa shape index (κ3) is 2.82. The van der Waals surface area contributed by atoms with Crippen molar-refractivity contribution in [3.63, 3.8) is 0 Å². The third-order valence-corrected chi connectivity index (χ3v) is 4.21. The van der Waals surface area contributed by atoms with Gasteiger partial charge in [0.25, 0.3) is 5.91 Å². The molecule has 1 aliphatic heterocycles. The van der Waals surface area contributed by atoms with Crippen molar-refractivity contribution in [2.75, 3.05) is 17.7 Å². The summed E-state index contributed by atoms with van der Waals surface area (Å²) in [4.78, 5) is 23.9. The van der Waals surface area contributed by atoms with E-state index in [9.17, 15) is 9.59 Å². The number of benzene rings is 2. The number of anilines is 2. The van der Waals surface area contributed by atoms with Crippen LogP contribution in [0.15, 0.2) is 46.9 Å². The zero-order chi connectivity index (χ0) is 17.4. The predicted molar refractivity (Wildman–Crippen MR) is 94.1 cm³/mol. The molecule has 126 valence electrons. The van der Waals surface area contributed by atoms with Crippen molar-refractivity contribution in [3.8, 4) is 5.75 Å². The maximum absolute atomic E-state index is 12.5. The lowest BCUT2D eigenvalue weighted by molar-refractivity contribution is -0.116. The Labute approximate surface area is 143 Å². The van der Waals surface area contributed by atoms with E-state index < -0.39 is 0 Å². The van der Waals surface area contributed by atoms with Crippen LogP contribution in [0.4, 0.5) is 11.4 Å². The number of nitrogens with one attached hydrogen (secondary N) is 2. The molecule has 0 aliphatic carbocycles. The number of furan rings is 1. The normalized spacial score (nSPS) is 13.2. The number of rotatable bonds is 3. The summed E-state index contributed by atoms with van der Waals surface area (Å²) in [5.74, 6) is 0.477. The molecule has 4 rings (SSSR count). The summed E-state index contributed by atoms with van der Waals surface area (Å²) in [6.07, 6.45) is 1.11. The highest BCUT2D eigenvalue weighted by molar-refractivity contribution is 6.05. The number of methoxy groups -OCH3 is 1. The first-order valence-electron chi connectivity index (χ1n) is 7.95. The Morgan fingerprint density at radius 1 is 1.20 bits per heavy atom. The summed E-state index contributed by atoms with van der Waals surface area (Å²) in [6.45, 7) is 0. The second kappa shape index (κ2) is 5.98. The van der Waals surface area contributed by atoms with E-state index in [1.54, 1.807) is 31.4 Å². The van der Waals surface area contributed by atoms with Crippen molar-refractivity contribution in [1.29, 1.82) is 0 Å². The zero-order valence-corrected chi connectivity index (χ0v) is 13.6. The molecule has 6 heteroatoms. The molecule has 0 spiro atoms. The average Bonchev–Trinajstić information content (AvgIpc) is 3.06. The maximum atomic E-state index is 12.5. The van der Waals surface area contributed by atoms with Gasteiger partial charge in [0, 0.05) is 23.2 Å². The van der Waals surface area contributed by atoms with Gasteiger partial charge in [0.05, 0.1) is 7.11 Å². The van der Waals surface area contributed by atoms with Crippen LogP contribution in [0.5, 0.6) is 5.75 Å². The molecule has 0 radical (unpaired) electrons. The molecular formula is C19H16N2O4. The Morgan fingerprint density at radius 2 is 2.08 bits per heavy atom. The molecule has 3 aromatic rings. The first kappa shape index (κ1) is 15.3. The fourth-order valence-electron chi connectivity index (χ4n) is 2.96. The molecule has 0 atom stereocenters. The first-order chi connectivity index (χ1) is 12.1. The summed E-state index contributed by atoms with van der Waals surface area (Å²) < 4.78 is 10.9. The molecule has 0 bridgehead atoms. The average molecular weight is 336 g/mol. The van der Waals surface area contributed by atoms with Gasteiger partial charge < -0.3 is 19.8 Å². The molecule has 2 amide bonds. The van der Waals surface area contributed by atoms with E-state index >= 15 is 0 Å². The lowest BCUT2D eigenvalue weighted by atomic mass is 10.0. The van der Waals surface area contributed by atoms with Crippen LogP contribution in [0, 0.1) is 0 Å². The van der Waals surface area contributed by atoms with Gasteiger partial charge in [-0.25, -0.2) is 0 Å². The van der Waals surface area contributed by atoms with Crippen LogP contribution >= 0.6 is 0 Å². The van der Waals surface area contributed by atoms with E-state index in [1.807, 2.05) is 18.2 Å². The van der Waals surface area contributed by atoms with Gasteiger partial charge in [0.2, 0.25) is 5.91 Å². The van der Waals surface area contributed by atoms with Gasteiger partial charge in [-0.2, -0.15) is 0 Å². The number of aryl methyl sites for hydroxylation is 1. The highest BCUT2D eigenvalue weighted by Crippen LogP contribution is 2.29. The van der Waals surface area contributed by atoms with Crippen LogP contribution in [0.25, 0.3) is 11.0 Å². The lowest BCUT2D eigenvalue weighted by Gasteiger charge is -2.17. The van der Waals surface area contributed by atoms with E-state index in [0.29, 0.717) is 29.9 Å². The fraction of sp³-hybridized carbons (Fsp3) is 0.158. The fourth-order valence-corrected chi connectivity index (χ4v) is 2.96. The summed E-state index contributed by atoms with van der Waals surface area (Å²) in [5.41, 5.74) is 3.00. The monoisotopic (exact) mass is 336 g/mol. The van der Waals surface area contributed by atoms with Gasteiger partial charge in [-0.3, -0.25) is 9.59 Å². The SMILES string of the molecule is COc1cccc2cc(C(=O)Nc3ccc4c(c3)CCC(=O)N4)oc12. The molecule has 1 aromatic heterocycles. The molecule has 2 aromatic carbocycles. The largest absolute Gasteiger partial charge is 0.493 e. The van der Waals surface area contributed by atoms with Crippen LogP contribution in [-0.2, 0) is 11.2 Å². The number of ether oxygens (including phenoxy) is 1. The van der Waals surface area contributed by atoms with Crippen molar-refractivity contribution < 1.29 is 18.7 Å². The topological polar surface area (TPSA) is 80.6 Å². The predicted octanol–water partition coefficient (Wildman–Crippen LogP) is 3.58. The number of amides is 2. The smallest absolute Gasteiger partial charge is 0.291 e. The van der Waals surface area contributed by atoms with Crippen LogP contribution in [0.2, 0.25) is 0 Å². The van der Waals surface area contributed by atoms with Crippen molar-refractivity contribution in [1.82, 2.24) is 0 Å². The molecule has 0 unspecified atom stereocenters. The highest BCUT2D eigenvalue weighted by atomic mass is 16.5. The second-order valence-corrected chi connectivity index (χ2v) is 5.86. The third-order valence-electron chi connectivity index (χ3n) is 4.21. The number of carbonyl (C=O) groups excluding carboxylic acids is 2. The van der Waals surface area contributed by atoms with Gasteiger partial charge >= 0.3 is 0 Å². The van der Waals surface area contributed by atoms with Gasteiger partial charge in [-0.05, 0) is 42.3 Å². The minimum absolute atomic E-state index is 0.0144. The number of fused-ring (bicyclic) bond motifs is 2. The Balaban J connectivity index is 1.59. The van der Waals surface area contributed by atoms with Crippen LogP contribution in [0.3, 0.4) is 0 Å². The van der Waals surface area contributed by atoms with Crippen molar-refractivity contribution >= 4 is 34.2 Å². The quantitative estimate of drug-likeness (QED) is 0.766. The van der Waals surface area contributed by atoms with E-state index in [1.165, 1.54) is 0 Å². The van der Waals surface area contributed by atoms with Crippen molar-refractivity contribution in [2.24, 2.45) is 0 Å². The first-order valence-corrected chi connectivity index (χ1v) is 7.95. The van der Waals surface area contributed by atoms with E-state index in [2.05, 4.69) is 10.6 Å². The maximum Gasteiger partial charge on any atom is 0.291 e. The molecule has 1 aliphatic rings. The minimum atomic E-state index is -0.335. The molecule has 0 saturated carbocycles. The molecular weight excluding hydrogens is 320 g/mol. The van der Waals surface area contributed by atoms with Crippen LogP contribution in [-0.4, -0.2) is 18.9 Å². The Morgan fingerprint density at radius 3 is 2.92 bits per heavy atom. The Hall–Kier alpha value is -3.28. The molecule has 6 nitrogen and oxygen atoms in total. The summed E-state index contributed by atoms with van der Waals surface area (Å²) in [6, 6.07) is 12.6. The van der Waals surface area contributed by atoms with Gasteiger partial charge in [-0.15, -0.1) is 0 Å². The van der Waals surface area contributed by atoms with Gasteiger partial charge in [-0.1, -0.05) is 12.1 Å². The molecule has 0 saturated heterocycles. The van der Waals surface area contributed by atoms with Crippen LogP contribution in [0.1, 0.15) is 22.5 Å². The molecule has 25 heavy (non-hydrogen) atoms. The number of hydrogen-bond acceptors (Lipinski definition) is 4. The Kier molecular flexibility index (Phi) is 3.65. The van der Waals surface area contributed by atoms with E-state index in [-0.39, 0.29) is 17.6 Å². The van der Waals surface area contributed by atoms with Gasteiger partial charge in [0.1, 0.15) is 0 Å². The van der Waals surface area contributed by atoms with E-state index in [4.69, 9.17) is 9.15 Å². The molecule has 2 heterocycles. The van der Waals surface area contributed by atoms with Crippen molar-refractivity contribution in [2.45, 2.75) is 12.8 Å². The number of carbonyl (C=O) groups is 2. The highest BCUT2D eigenvalue weighted by Gasteiger charge is 2.18. The standard InChI is InChI=1S/C19H16N2O4/c1-24-15-4-2-3-12-10-16(25-18(12)15)19(23)20-13-6-7-14-11(9-13)5-8-17(22)21-14/h2-4,6-7,9-10H,5,8H2,1H3,(H,20,23)(H,21,22).